The molecule has 0 fully saturated rings. The van der Waals surface area contributed by atoms with Crippen LogP contribution in [0.3, 0.4) is 0 Å². The number of fused-ring (bicyclic) bond motifs is 1. The van der Waals surface area contributed by atoms with Crippen molar-refractivity contribution < 1.29 is 14.3 Å². The van der Waals surface area contributed by atoms with Crippen molar-refractivity contribution in [3.8, 4) is 0 Å². The number of methoxy groups -OCH3 is 1. The summed E-state index contributed by atoms with van der Waals surface area (Å²) in [5.74, 6) is 0.747. The minimum atomic E-state index is -0.367. The van der Waals surface area contributed by atoms with Gasteiger partial charge in [-0.2, -0.15) is 5.10 Å². The predicted molar refractivity (Wildman–Crippen MR) is 132 cm³/mol. The van der Waals surface area contributed by atoms with Crippen molar-refractivity contribution in [3.63, 3.8) is 0 Å². The van der Waals surface area contributed by atoms with E-state index in [-0.39, 0.29) is 34.6 Å². The molecule has 0 radical (unpaired) electrons. The van der Waals surface area contributed by atoms with E-state index in [1.807, 2.05) is 10.7 Å². The average molecular weight is 479 g/mol. The summed E-state index contributed by atoms with van der Waals surface area (Å²) in [5, 5.41) is 9.96. The molecule has 1 unspecified atom stereocenters. The van der Waals surface area contributed by atoms with Gasteiger partial charge >= 0.3 is 0 Å². The lowest BCUT2D eigenvalue weighted by atomic mass is 9.88. The van der Waals surface area contributed by atoms with Gasteiger partial charge in [-0.1, -0.05) is 26.8 Å². The Morgan fingerprint density at radius 2 is 2.00 bits per heavy atom. The van der Waals surface area contributed by atoms with Crippen molar-refractivity contribution in [2.45, 2.75) is 57.7 Å². The van der Waals surface area contributed by atoms with Gasteiger partial charge in [-0.15, -0.1) is 23.1 Å². The Morgan fingerprint density at radius 1 is 1.28 bits per heavy atom. The Balaban J connectivity index is 2.19. The minimum Gasteiger partial charge on any atom is -0.383 e. The summed E-state index contributed by atoms with van der Waals surface area (Å²) in [6.07, 6.45) is 0. The van der Waals surface area contributed by atoms with Crippen LogP contribution in [0.4, 0.5) is 5.82 Å². The zero-order chi connectivity index (χ0) is 23.7. The van der Waals surface area contributed by atoms with Crippen molar-refractivity contribution in [2.24, 2.45) is 0 Å². The van der Waals surface area contributed by atoms with E-state index in [0.29, 0.717) is 18.9 Å². The number of carbonyl (C=O) groups excluding carboxylic acids is 2. The van der Waals surface area contributed by atoms with Gasteiger partial charge in [0.15, 0.2) is 0 Å². The Hall–Kier alpha value is -1.84. The Labute approximate surface area is 198 Å². The SMILES string of the molecule is COCCNC(=O)CN1C(=O)CSC(c2cccs2)c2c(C(C)(C)C)nn(C(C)(C)C)c21. The molecule has 3 rings (SSSR count). The highest BCUT2D eigenvalue weighted by molar-refractivity contribution is 8.00. The van der Waals surface area contributed by atoms with Crippen LogP contribution in [0.2, 0.25) is 0 Å². The third-order valence-corrected chi connectivity index (χ3v) is 7.49. The Morgan fingerprint density at radius 3 is 2.56 bits per heavy atom. The molecule has 3 heterocycles. The number of anilines is 1. The van der Waals surface area contributed by atoms with Crippen molar-refractivity contribution in [1.82, 2.24) is 15.1 Å². The zero-order valence-corrected chi connectivity index (χ0v) is 21.7. The van der Waals surface area contributed by atoms with Crippen LogP contribution in [0, 0.1) is 0 Å². The van der Waals surface area contributed by atoms with Gasteiger partial charge < -0.3 is 10.1 Å². The van der Waals surface area contributed by atoms with E-state index in [4.69, 9.17) is 9.84 Å². The lowest BCUT2D eigenvalue weighted by molar-refractivity contribution is -0.123. The van der Waals surface area contributed by atoms with E-state index in [2.05, 4.69) is 58.3 Å². The van der Waals surface area contributed by atoms with Gasteiger partial charge in [-0.3, -0.25) is 14.5 Å². The third-order valence-electron chi connectivity index (χ3n) is 5.17. The molecule has 32 heavy (non-hydrogen) atoms. The number of aromatic nitrogens is 2. The first kappa shape index (κ1) is 24.8. The first-order chi connectivity index (χ1) is 14.9. The van der Waals surface area contributed by atoms with Gasteiger partial charge in [-0.25, -0.2) is 4.68 Å². The quantitative estimate of drug-likeness (QED) is 0.637. The highest BCUT2D eigenvalue weighted by atomic mass is 32.2. The predicted octanol–water partition coefficient (Wildman–Crippen LogP) is 3.93. The highest BCUT2D eigenvalue weighted by Crippen LogP contribution is 2.49. The molecule has 0 aromatic carbocycles. The van der Waals surface area contributed by atoms with E-state index in [9.17, 15) is 9.59 Å². The number of nitrogens with one attached hydrogen (secondary N) is 1. The van der Waals surface area contributed by atoms with Gasteiger partial charge in [0.25, 0.3) is 0 Å². The molecule has 0 aliphatic carbocycles. The fourth-order valence-electron chi connectivity index (χ4n) is 3.70. The van der Waals surface area contributed by atoms with Gasteiger partial charge in [-0.05, 0) is 32.2 Å². The Bertz CT molecular complexity index is 955. The monoisotopic (exact) mass is 478 g/mol. The molecule has 2 amide bonds. The van der Waals surface area contributed by atoms with Gasteiger partial charge in [0.05, 0.1) is 28.8 Å². The summed E-state index contributed by atoms with van der Waals surface area (Å²) >= 11 is 3.30. The number of nitrogens with zero attached hydrogens (tertiary/aromatic N) is 3. The zero-order valence-electron chi connectivity index (χ0n) is 20.0. The van der Waals surface area contributed by atoms with Gasteiger partial charge in [0.1, 0.15) is 12.4 Å². The lowest BCUT2D eigenvalue weighted by Crippen LogP contribution is -2.44. The maximum atomic E-state index is 13.4. The van der Waals surface area contributed by atoms with E-state index >= 15 is 0 Å². The number of hydrogen-bond acceptors (Lipinski definition) is 6. The van der Waals surface area contributed by atoms with E-state index in [1.165, 1.54) is 4.88 Å². The highest BCUT2D eigenvalue weighted by Gasteiger charge is 2.41. The molecule has 2 aromatic rings. The molecular weight excluding hydrogens is 444 g/mol. The number of carbonyl (C=O) groups is 2. The van der Waals surface area contributed by atoms with Crippen molar-refractivity contribution in [3.05, 3.63) is 33.6 Å². The van der Waals surface area contributed by atoms with Gasteiger partial charge in [0.2, 0.25) is 11.8 Å². The summed E-state index contributed by atoms with van der Waals surface area (Å²) in [7, 11) is 1.59. The van der Waals surface area contributed by atoms with Crippen LogP contribution in [0.5, 0.6) is 0 Å². The number of amides is 2. The summed E-state index contributed by atoms with van der Waals surface area (Å²) in [5.41, 5.74) is 1.41. The summed E-state index contributed by atoms with van der Waals surface area (Å²) in [6, 6.07) is 4.16. The molecule has 0 bridgehead atoms. The van der Waals surface area contributed by atoms with Crippen LogP contribution in [0.25, 0.3) is 0 Å². The molecule has 1 aliphatic rings. The van der Waals surface area contributed by atoms with E-state index < -0.39 is 0 Å². The van der Waals surface area contributed by atoms with E-state index in [1.54, 1.807) is 35.1 Å². The molecule has 0 spiro atoms. The van der Waals surface area contributed by atoms with Crippen molar-refractivity contribution in [1.29, 1.82) is 0 Å². The molecule has 2 aromatic heterocycles. The number of thioether (sulfide) groups is 1. The second kappa shape index (κ2) is 9.57. The minimum absolute atomic E-state index is 0.0131. The van der Waals surface area contributed by atoms with Crippen LogP contribution in [0.1, 0.15) is 62.9 Å². The standard InChI is InChI=1S/C23H34N4O3S2/c1-22(2,3)20-18-19(15-9-8-12-31-15)32-14-17(29)26(13-16(28)24-10-11-30-7)21(18)27(25-20)23(4,5)6/h8-9,12,19H,10-11,13-14H2,1-7H3,(H,24,28). The van der Waals surface area contributed by atoms with Crippen LogP contribution in [0.15, 0.2) is 17.5 Å². The van der Waals surface area contributed by atoms with Crippen LogP contribution in [-0.2, 0) is 25.3 Å². The maximum absolute atomic E-state index is 13.4. The molecule has 7 nitrogen and oxygen atoms in total. The normalized spacial score (nSPS) is 17.3. The molecule has 1 N–H and O–H groups in total. The fourth-order valence-corrected chi connectivity index (χ4v) is 5.87. The smallest absolute Gasteiger partial charge is 0.240 e. The molecule has 0 saturated heterocycles. The number of ether oxygens (including phenoxy) is 1. The van der Waals surface area contributed by atoms with Gasteiger partial charge in [0, 0.05) is 29.5 Å². The van der Waals surface area contributed by atoms with Crippen molar-refractivity contribution in [2.75, 3.05) is 37.5 Å². The Kier molecular flexibility index (Phi) is 7.41. The van der Waals surface area contributed by atoms with E-state index in [0.717, 1.165) is 17.1 Å². The third kappa shape index (κ3) is 5.21. The largest absolute Gasteiger partial charge is 0.383 e. The first-order valence-corrected chi connectivity index (χ1v) is 12.7. The molecule has 176 valence electrons. The second-order valence-corrected chi connectivity index (χ2v) is 12.0. The first-order valence-electron chi connectivity index (χ1n) is 10.8. The maximum Gasteiger partial charge on any atom is 0.240 e. The molecule has 1 atom stereocenters. The summed E-state index contributed by atoms with van der Waals surface area (Å²) in [4.78, 5) is 28.9. The van der Waals surface area contributed by atoms with Crippen molar-refractivity contribution >= 4 is 40.7 Å². The molecular formula is C23H34N4O3S2. The summed E-state index contributed by atoms with van der Waals surface area (Å²) < 4.78 is 6.97. The van der Waals surface area contributed by atoms with Crippen LogP contribution in [-0.4, -0.2) is 54.2 Å². The second-order valence-electron chi connectivity index (χ2n) is 9.95. The molecule has 1 aliphatic heterocycles. The number of thiophene rings is 1. The number of hydrogen-bond donors (Lipinski definition) is 1. The molecule has 9 heteroatoms. The lowest BCUT2D eigenvalue weighted by Gasteiger charge is -2.28. The molecule has 0 saturated carbocycles. The van der Waals surface area contributed by atoms with Crippen LogP contribution < -0.4 is 10.2 Å². The number of rotatable bonds is 6. The fraction of sp³-hybridized carbons (Fsp3) is 0.609. The topological polar surface area (TPSA) is 76.5 Å². The average Bonchev–Trinajstić information content (AvgIpc) is 3.32. The van der Waals surface area contributed by atoms with Crippen LogP contribution >= 0.6 is 23.1 Å². The summed E-state index contributed by atoms with van der Waals surface area (Å²) in [6.45, 7) is 13.5.